The Hall–Kier alpha value is -2.01. The fourth-order valence-corrected chi connectivity index (χ4v) is 2.50. The minimum Gasteiger partial charge on any atom is -0.508 e. The molecule has 0 aliphatic carbocycles. The fraction of sp³-hybridized carbons (Fsp3) is 0.188. The van der Waals surface area contributed by atoms with E-state index in [1.165, 1.54) is 0 Å². The number of anilines is 1. The Morgan fingerprint density at radius 2 is 2.05 bits per heavy atom. The average molecular weight is 349 g/mol. The number of nitrogens with one attached hydrogen (secondary N) is 2. The van der Waals surface area contributed by atoms with Gasteiger partial charge in [-0.25, -0.2) is 0 Å². The van der Waals surface area contributed by atoms with E-state index in [9.17, 15) is 9.90 Å². The van der Waals surface area contributed by atoms with Gasteiger partial charge in [-0.1, -0.05) is 22.0 Å². The first-order valence-electron chi connectivity index (χ1n) is 6.56. The maximum Gasteiger partial charge on any atom is 0.251 e. The van der Waals surface area contributed by atoms with Gasteiger partial charge in [-0.15, -0.1) is 0 Å². The highest BCUT2D eigenvalue weighted by Crippen LogP contribution is 2.24. The molecule has 2 aromatic carbocycles. The van der Waals surface area contributed by atoms with Gasteiger partial charge in [0.2, 0.25) is 0 Å². The summed E-state index contributed by atoms with van der Waals surface area (Å²) < 4.78 is 0.910. The van der Waals surface area contributed by atoms with E-state index in [0.29, 0.717) is 12.1 Å². The molecule has 2 aromatic rings. The first-order chi connectivity index (χ1) is 10.0. The average Bonchev–Trinajstić information content (AvgIpc) is 2.48. The third-order valence-corrected chi connectivity index (χ3v) is 3.81. The SMILES string of the molecule is CNC(=O)c1cccc(NCc2cc(Br)ccc2O)c1C. The summed E-state index contributed by atoms with van der Waals surface area (Å²) in [6.07, 6.45) is 0. The lowest BCUT2D eigenvalue weighted by atomic mass is 10.1. The van der Waals surface area contributed by atoms with Gasteiger partial charge in [0.25, 0.3) is 5.91 Å². The van der Waals surface area contributed by atoms with Gasteiger partial charge in [0, 0.05) is 34.9 Å². The second-order valence-corrected chi connectivity index (χ2v) is 5.60. The molecule has 1 amide bonds. The van der Waals surface area contributed by atoms with Gasteiger partial charge in [-0.3, -0.25) is 4.79 Å². The van der Waals surface area contributed by atoms with Crippen molar-refractivity contribution in [2.75, 3.05) is 12.4 Å². The van der Waals surface area contributed by atoms with Gasteiger partial charge in [-0.2, -0.15) is 0 Å². The van der Waals surface area contributed by atoms with Crippen LogP contribution in [0.5, 0.6) is 5.75 Å². The van der Waals surface area contributed by atoms with Crippen molar-refractivity contribution in [1.82, 2.24) is 5.32 Å². The van der Waals surface area contributed by atoms with Gasteiger partial charge in [-0.05, 0) is 42.8 Å². The molecule has 0 atom stereocenters. The van der Waals surface area contributed by atoms with E-state index in [4.69, 9.17) is 0 Å². The molecular weight excluding hydrogens is 332 g/mol. The fourth-order valence-electron chi connectivity index (χ4n) is 2.09. The third-order valence-electron chi connectivity index (χ3n) is 3.32. The minimum absolute atomic E-state index is 0.110. The van der Waals surface area contributed by atoms with Crippen LogP contribution in [0, 0.1) is 6.92 Å². The predicted molar refractivity (Wildman–Crippen MR) is 87.7 cm³/mol. The second kappa shape index (κ2) is 6.63. The Morgan fingerprint density at radius 1 is 1.29 bits per heavy atom. The molecule has 4 nitrogen and oxygen atoms in total. The molecule has 0 radical (unpaired) electrons. The van der Waals surface area contributed by atoms with Gasteiger partial charge in [0.05, 0.1) is 0 Å². The molecule has 0 spiro atoms. The number of carbonyl (C=O) groups excluding carboxylic acids is 1. The number of phenolic OH excluding ortho intramolecular Hbond substituents is 1. The zero-order chi connectivity index (χ0) is 15.4. The number of rotatable bonds is 4. The molecule has 0 aliphatic heterocycles. The predicted octanol–water partition coefficient (Wildman–Crippen LogP) is 3.43. The first-order valence-corrected chi connectivity index (χ1v) is 7.35. The van der Waals surface area contributed by atoms with Crippen molar-refractivity contribution in [3.8, 4) is 5.75 Å². The number of hydrogen-bond acceptors (Lipinski definition) is 3. The van der Waals surface area contributed by atoms with Gasteiger partial charge < -0.3 is 15.7 Å². The van der Waals surface area contributed by atoms with Crippen LogP contribution in [0.3, 0.4) is 0 Å². The maximum absolute atomic E-state index is 11.8. The van der Waals surface area contributed by atoms with E-state index in [-0.39, 0.29) is 11.7 Å². The van der Waals surface area contributed by atoms with Crippen LogP contribution < -0.4 is 10.6 Å². The molecule has 0 aliphatic rings. The van der Waals surface area contributed by atoms with E-state index in [2.05, 4.69) is 26.6 Å². The van der Waals surface area contributed by atoms with Crippen LogP contribution in [0.4, 0.5) is 5.69 Å². The summed E-state index contributed by atoms with van der Waals surface area (Å²) in [6, 6.07) is 10.8. The zero-order valence-electron chi connectivity index (χ0n) is 11.9. The largest absolute Gasteiger partial charge is 0.508 e. The van der Waals surface area contributed by atoms with Crippen LogP contribution in [-0.2, 0) is 6.54 Å². The summed E-state index contributed by atoms with van der Waals surface area (Å²) in [6.45, 7) is 2.37. The Labute approximate surface area is 132 Å². The van der Waals surface area contributed by atoms with Crippen LogP contribution in [0.2, 0.25) is 0 Å². The zero-order valence-corrected chi connectivity index (χ0v) is 13.5. The van der Waals surface area contributed by atoms with Gasteiger partial charge in [0.15, 0.2) is 0 Å². The van der Waals surface area contributed by atoms with Crippen LogP contribution in [0.15, 0.2) is 40.9 Å². The van der Waals surface area contributed by atoms with E-state index in [0.717, 1.165) is 21.3 Å². The summed E-state index contributed by atoms with van der Waals surface area (Å²) >= 11 is 3.39. The first kappa shape index (κ1) is 15.4. The van der Waals surface area contributed by atoms with Crippen molar-refractivity contribution in [1.29, 1.82) is 0 Å². The molecule has 0 bridgehead atoms. The topological polar surface area (TPSA) is 61.4 Å². The summed E-state index contributed by atoms with van der Waals surface area (Å²) in [4.78, 5) is 11.8. The summed E-state index contributed by atoms with van der Waals surface area (Å²) in [5.74, 6) is 0.132. The number of amides is 1. The lowest BCUT2D eigenvalue weighted by molar-refractivity contribution is 0.0962. The quantitative estimate of drug-likeness (QED) is 0.793. The van der Waals surface area contributed by atoms with Crippen molar-refractivity contribution in [3.63, 3.8) is 0 Å². The van der Waals surface area contributed by atoms with E-state index >= 15 is 0 Å². The monoisotopic (exact) mass is 348 g/mol. The molecule has 0 heterocycles. The van der Waals surface area contributed by atoms with Gasteiger partial charge >= 0.3 is 0 Å². The number of phenols is 1. The molecule has 0 aromatic heterocycles. The van der Waals surface area contributed by atoms with E-state index in [1.54, 1.807) is 25.2 Å². The molecule has 0 fully saturated rings. The van der Waals surface area contributed by atoms with E-state index in [1.807, 2.05) is 25.1 Å². The van der Waals surface area contributed by atoms with Crippen LogP contribution in [-0.4, -0.2) is 18.1 Å². The van der Waals surface area contributed by atoms with Crippen molar-refractivity contribution >= 4 is 27.5 Å². The molecule has 110 valence electrons. The van der Waals surface area contributed by atoms with E-state index < -0.39 is 0 Å². The van der Waals surface area contributed by atoms with Crippen LogP contribution in [0.25, 0.3) is 0 Å². The number of benzene rings is 2. The Balaban J connectivity index is 2.21. The van der Waals surface area contributed by atoms with Crippen molar-refractivity contribution < 1.29 is 9.90 Å². The molecule has 0 unspecified atom stereocenters. The molecular formula is C16H17BrN2O2. The smallest absolute Gasteiger partial charge is 0.251 e. The highest BCUT2D eigenvalue weighted by molar-refractivity contribution is 9.10. The Bertz CT molecular complexity index is 671. The summed E-state index contributed by atoms with van der Waals surface area (Å²) in [5.41, 5.74) is 3.18. The molecule has 21 heavy (non-hydrogen) atoms. The maximum atomic E-state index is 11.8. The normalized spacial score (nSPS) is 10.2. The standard InChI is InChI=1S/C16H17BrN2O2/c1-10-13(16(21)18-2)4-3-5-14(10)19-9-11-8-12(17)6-7-15(11)20/h3-8,19-20H,9H2,1-2H3,(H,18,21). The molecule has 2 rings (SSSR count). The van der Waals surface area contributed by atoms with Crippen molar-refractivity contribution in [3.05, 3.63) is 57.6 Å². The van der Waals surface area contributed by atoms with Crippen molar-refractivity contribution in [2.24, 2.45) is 0 Å². The summed E-state index contributed by atoms with van der Waals surface area (Å²) in [5, 5.41) is 15.7. The molecule has 5 heteroatoms. The van der Waals surface area contributed by atoms with Crippen LogP contribution >= 0.6 is 15.9 Å². The highest BCUT2D eigenvalue weighted by Gasteiger charge is 2.10. The number of hydrogen-bond donors (Lipinski definition) is 3. The summed E-state index contributed by atoms with van der Waals surface area (Å²) in [7, 11) is 1.61. The Kier molecular flexibility index (Phi) is 4.85. The lowest BCUT2D eigenvalue weighted by Gasteiger charge is -2.13. The number of aromatic hydroxyl groups is 1. The van der Waals surface area contributed by atoms with Gasteiger partial charge in [0.1, 0.15) is 5.75 Å². The Morgan fingerprint density at radius 3 is 2.76 bits per heavy atom. The van der Waals surface area contributed by atoms with Crippen LogP contribution in [0.1, 0.15) is 21.5 Å². The minimum atomic E-state index is -0.110. The molecule has 3 N–H and O–H groups in total. The highest BCUT2D eigenvalue weighted by atomic mass is 79.9. The van der Waals surface area contributed by atoms with Crippen molar-refractivity contribution in [2.45, 2.75) is 13.5 Å². The lowest BCUT2D eigenvalue weighted by Crippen LogP contribution is -2.19. The third kappa shape index (κ3) is 3.55. The second-order valence-electron chi connectivity index (χ2n) is 4.68. The molecule has 0 saturated heterocycles. The number of halogens is 1. The number of carbonyl (C=O) groups is 1. The molecule has 0 saturated carbocycles.